The second-order valence-electron chi connectivity index (χ2n) is 6.54. The number of unbranched alkanes of at least 4 members (excludes halogenated alkanes) is 1. The molecule has 2 heterocycles. The van der Waals surface area contributed by atoms with Crippen LogP contribution in [0.3, 0.4) is 0 Å². The predicted octanol–water partition coefficient (Wildman–Crippen LogP) is 2.75. The van der Waals surface area contributed by atoms with Crippen LogP contribution in [0, 0.1) is 6.92 Å². The fourth-order valence-electron chi connectivity index (χ4n) is 2.58. The predicted molar refractivity (Wildman–Crippen MR) is 90.3 cm³/mol. The molecular formula is C17H26N4O3. The molecule has 1 saturated carbocycles. The Kier molecular flexibility index (Phi) is 5.37. The van der Waals surface area contributed by atoms with Crippen LogP contribution >= 0.6 is 0 Å². The van der Waals surface area contributed by atoms with Crippen LogP contribution < -0.4 is 10.1 Å². The molecule has 0 radical (unpaired) electrons. The number of carbonyl (C=O) groups excluding carboxylic acids is 1. The first-order chi connectivity index (χ1) is 11.7. The lowest BCUT2D eigenvalue weighted by Gasteiger charge is -2.17. The number of carbonyl (C=O) groups is 1. The van der Waals surface area contributed by atoms with Gasteiger partial charge in [-0.25, -0.2) is 9.78 Å². The first kappa shape index (κ1) is 16.8. The fourth-order valence-corrected chi connectivity index (χ4v) is 2.58. The maximum atomic E-state index is 12.0. The summed E-state index contributed by atoms with van der Waals surface area (Å²) < 4.78 is 11.1. The van der Waals surface area contributed by atoms with Gasteiger partial charge in [-0.1, -0.05) is 13.3 Å². The minimum absolute atomic E-state index is 0.139. The Balaban J connectivity index is 1.50. The molecule has 1 aromatic heterocycles. The molecule has 0 spiro atoms. The Bertz CT molecular complexity index is 577. The van der Waals surface area contributed by atoms with Crippen molar-refractivity contribution in [3.8, 4) is 5.88 Å². The fraction of sp³-hybridized carbons (Fsp3) is 0.706. The molecule has 24 heavy (non-hydrogen) atoms. The standard InChI is InChI=1S/C17H26N4O3/c1-3-4-9-23-17(22)21-8-7-13(11-21)19-16-18-10-12(2)15(20-16)24-14-5-6-14/h10,13-14H,3-9,11H2,1-2H3,(H,18,19,20)/t13-/m0/s1. The van der Waals surface area contributed by atoms with E-state index in [1.54, 1.807) is 11.1 Å². The number of rotatable bonds is 7. The van der Waals surface area contributed by atoms with Gasteiger partial charge in [-0.05, 0) is 32.6 Å². The van der Waals surface area contributed by atoms with Crippen molar-refractivity contribution >= 4 is 12.0 Å². The average molecular weight is 334 g/mol. The smallest absolute Gasteiger partial charge is 0.409 e. The number of amides is 1. The molecule has 0 unspecified atom stereocenters. The van der Waals surface area contributed by atoms with Crippen LogP contribution in [0.2, 0.25) is 0 Å². The maximum Gasteiger partial charge on any atom is 0.409 e. The Labute approximate surface area is 142 Å². The molecule has 2 aliphatic rings. The van der Waals surface area contributed by atoms with Gasteiger partial charge in [0.25, 0.3) is 0 Å². The largest absolute Gasteiger partial charge is 0.474 e. The van der Waals surface area contributed by atoms with Gasteiger partial charge in [0, 0.05) is 30.9 Å². The van der Waals surface area contributed by atoms with Gasteiger partial charge in [-0.2, -0.15) is 4.98 Å². The third kappa shape index (κ3) is 4.49. The summed E-state index contributed by atoms with van der Waals surface area (Å²) in [5.74, 6) is 1.21. The molecule has 132 valence electrons. The van der Waals surface area contributed by atoms with Crippen LogP contribution in [-0.4, -0.2) is 52.8 Å². The van der Waals surface area contributed by atoms with Crippen molar-refractivity contribution in [3.05, 3.63) is 11.8 Å². The van der Waals surface area contributed by atoms with E-state index in [0.717, 1.165) is 37.7 Å². The SMILES string of the molecule is CCCCOC(=O)N1CC[C@H](Nc2ncc(C)c(OC3CC3)n2)C1. The molecule has 2 fully saturated rings. The van der Waals surface area contributed by atoms with Gasteiger partial charge < -0.3 is 19.7 Å². The van der Waals surface area contributed by atoms with Crippen LogP contribution in [0.4, 0.5) is 10.7 Å². The number of aromatic nitrogens is 2. The number of aryl methyl sites for hydroxylation is 1. The summed E-state index contributed by atoms with van der Waals surface area (Å²) in [5.41, 5.74) is 0.944. The zero-order valence-electron chi connectivity index (χ0n) is 14.5. The molecule has 7 nitrogen and oxygen atoms in total. The highest BCUT2D eigenvalue weighted by Crippen LogP contribution is 2.28. The summed E-state index contributed by atoms with van der Waals surface area (Å²) in [6.07, 6.45) is 6.85. The number of hydrogen-bond acceptors (Lipinski definition) is 6. The third-order valence-corrected chi connectivity index (χ3v) is 4.23. The van der Waals surface area contributed by atoms with Gasteiger partial charge in [0.15, 0.2) is 0 Å². The zero-order chi connectivity index (χ0) is 16.9. The van der Waals surface area contributed by atoms with E-state index >= 15 is 0 Å². The number of ether oxygens (including phenoxy) is 2. The summed E-state index contributed by atoms with van der Waals surface area (Å²) >= 11 is 0. The minimum Gasteiger partial charge on any atom is -0.474 e. The molecular weight excluding hydrogens is 308 g/mol. The highest BCUT2D eigenvalue weighted by molar-refractivity contribution is 5.68. The Morgan fingerprint density at radius 1 is 1.42 bits per heavy atom. The van der Waals surface area contributed by atoms with Crippen molar-refractivity contribution in [1.29, 1.82) is 0 Å². The molecule has 1 aliphatic heterocycles. The lowest BCUT2D eigenvalue weighted by atomic mass is 10.3. The number of nitrogens with zero attached hydrogens (tertiary/aromatic N) is 3. The van der Waals surface area contributed by atoms with E-state index < -0.39 is 0 Å². The molecule has 1 aromatic rings. The van der Waals surface area contributed by atoms with Crippen LogP contribution in [0.15, 0.2) is 6.20 Å². The van der Waals surface area contributed by atoms with Crippen molar-refractivity contribution in [3.63, 3.8) is 0 Å². The lowest BCUT2D eigenvalue weighted by molar-refractivity contribution is 0.109. The Morgan fingerprint density at radius 3 is 3.00 bits per heavy atom. The molecule has 1 amide bonds. The van der Waals surface area contributed by atoms with Crippen molar-refractivity contribution < 1.29 is 14.3 Å². The highest BCUT2D eigenvalue weighted by atomic mass is 16.6. The van der Waals surface area contributed by atoms with E-state index in [-0.39, 0.29) is 12.1 Å². The summed E-state index contributed by atoms with van der Waals surface area (Å²) in [6, 6.07) is 0.139. The minimum atomic E-state index is -0.227. The molecule has 7 heteroatoms. The van der Waals surface area contributed by atoms with E-state index in [0.29, 0.717) is 37.6 Å². The number of nitrogens with one attached hydrogen (secondary N) is 1. The molecule has 0 aromatic carbocycles. The van der Waals surface area contributed by atoms with Gasteiger partial charge in [0.2, 0.25) is 11.8 Å². The van der Waals surface area contributed by atoms with E-state index in [9.17, 15) is 4.79 Å². The van der Waals surface area contributed by atoms with Crippen LogP contribution in [0.5, 0.6) is 5.88 Å². The normalized spacial score (nSPS) is 20.1. The first-order valence-electron chi connectivity index (χ1n) is 8.84. The molecule has 1 aliphatic carbocycles. The maximum absolute atomic E-state index is 12.0. The number of anilines is 1. The quantitative estimate of drug-likeness (QED) is 0.773. The van der Waals surface area contributed by atoms with Crippen LogP contribution in [0.1, 0.15) is 44.6 Å². The summed E-state index contributed by atoms with van der Waals surface area (Å²) in [7, 11) is 0. The summed E-state index contributed by atoms with van der Waals surface area (Å²) in [4.78, 5) is 22.5. The zero-order valence-corrected chi connectivity index (χ0v) is 14.5. The van der Waals surface area contributed by atoms with Gasteiger partial charge in [-0.3, -0.25) is 0 Å². The van der Waals surface area contributed by atoms with Crippen LogP contribution in [-0.2, 0) is 4.74 Å². The second-order valence-corrected chi connectivity index (χ2v) is 6.54. The molecule has 1 saturated heterocycles. The molecule has 1 N–H and O–H groups in total. The van der Waals surface area contributed by atoms with Crippen molar-refractivity contribution in [2.45, 2.75) is 58.1 Å². The molecule has 0 bridgehead atoms. The average Bonchev–Trinajstić information content (AvgIpc) is 3.26. The van der Waals surface area contributed by atoms with Crippen molar-refractivity contribution in [2.75, 3.05) is 25.0 Å². The van der Waals surface area contributed by atoms with E-state index in [1.165, 1.54) is 0 Å². The highest BCUT2D eigenvalue weighted by Gasteiger charge is 2.28. The first-order valence-corrected chi connectivity index (χ1v) is 8.84. The topological polar surface area (TPSA) is 76.6 Å². The Morgan fingerprint density at radius 2 is 2.25 bits per heavy atom. The van der Waals surface area contributed by atoms with E-state index in [1.807, 2.05) is 6.92 Å². The van der Waals surface area contributed by atoms with E-state index in [4.69, 9.17) is 9.47 Å². The van der Waals surface area contributed by atoms with Gasteiger partial charge in [0.05, 0.1) is 6.61 Å². The molecule has 1 atom stereocenters. The number of likely N-dealkylation sites (tertiary alicyclic amines) is 1. The number of hydrogen-bond donors (Lipinski definition) is 1. The summed E-state index contributed by atoms with van der Waals surface area (Å²) in [6.45, 7) is 5.82. The van der Waals surface area contributed by atoms with Gasteiger partial charge >= 0.3 is 6.09 Å². The Hall–Kier alpha value is -2.05. The van der Waals surface area contributed by atoms with Crippen molar-refractivity contribution in [1.82, 2.24) is 14.9 Å². The second kappa shape index (κ2) is 7.68. The molecule has 3 rings (SSSR count). The van der Waals surface area contributed by atoms with Gasteiger partial charge in [-0.15, -0.1) is 0 Å². The van der Waals surface area contributed by atoms with Crippen LogP contribution in [0.25, 0.3) is 0 Å². The van der Waals surface area contributed by atoms with Gasteiger partial charge in [0.1, 0.15) is 6.10 Å². The monoisotopic (exact) mass is 334 g/mol. The lowest BCUT2D eigenvalue weighted by Crippen LogP contribution is -2.32. The van der Waals surface area contributed by atoms with Crippen molar-refractivity contribution in [2.24, 2.45) is 0 Å². The third-order valence-electron chi connectivity index (χ3n) is 4.23. The summed E-state index contributed by atoms with van der Waals surface area (Å²) in [5, 5.41) is 3.30. The van der Waals surface area contributed by atoms with E-state index in [2.05, 4.69) is 22.2 Å².